The molecule has 0 spiro atoms. The van der Waals surface area contributed by atoms with Crippen molar-refractivity contribution in [1.29, 1.82) is 0 Å². The lowest BCUT2D eigenvalue weighted by Gasteiger charge is -2.41. The van der Waals surface area contributed by atoms with E-state index in [0.29, 0.717) is 25.0 Å². The number of hydrogen-bond donors (Lipinski definition) is 2. The Balaban J connectivity index is 1.32. The fourth-order valence-electron chi connectivity index (χ4n) is 3.00. The maximum Gasteiger partial charge on any atom is 0.220 e. The molecule has 1 saturated heterocycles. The molecule has 1 aromatic rings. The molecule has 0 bridgehead atoms. The minimum absolute atomic E-state index is 0.122. The van der Waals surface area contributed by atoms with Gasteiger partial charge in [-0.2, -0.15) is 0 Å². The van der Waals surface area contributed by atoms with Gasteiger partial charge in [-0.1, -0.05) is 0 Å². The van der Waals surface area contributed by atoms with Crippen LogP contribution in [0.15, 0.2) is 6.33 Å². The van der Waals surface area contributed by atoms with E-state index in [4.69, 9.17) is 4.74 Å². The lowest BCUT2D eigenvalue weighted by molar-refractivity contribution is -0.122. The molecule has 0 unspecified atom stereocenters. The summed E-state index contributed by atoms with van der Waals surface area (Å²) in [7, 11) is 0. The van der Waals surface area contributed by atoms with Crippen molar-refractivity contribution in [3.8, 4) is 0 Å². The zero-order chi connectivity index (χ0) is 15.2. The molecule has 2 heterocycles. The van der Waals surface area contributed by atoms with Crippen molar-refractivity contribution in [3.63, 3.8) is 0 Å². The molecule has 2 fully saturated rings. The molecule has 0 radical (unpaired) electrons. The van der Waals surface area contributed by atoms with Crippen LogP contribution in [-0.4, -0.2) is 57.5 Å². The van der Waals surface area contributed by atoms with Crippen LogP contribution in [0.4, 0.5) is 0 Å². The van der Waals surface area contributed by atoms with Gasteiger partial charge in [0.25, 0.3) is 0 Å². The molecule has 1 aromatic heterocycles. The van der Waals surface area contributed by atoms with Crippen LogP contribution in [0.2, 0.25) is 0 Å². The second-order valence-corrected chi connectivity index (χ2v) is 6.09. The van der Waals surface area contributed by atoms with Crippen molar-refractivity contribution in [2.24, 2.45) is 0 Å². The van der Waals surface area contributed by atoms with Crippen LogP contribution < -0.4 is 10.6 Å². The Morgan fingerprint density at radius 2 is 2.05 bits per heavy atom. The summed E-state index contributed by atoms with van der Waals surface area (Å²) < 4.78 is 7.02. The minimum atomic E-state index is 0.122. The molecule has 8 nitrogen and oxygen atoms in total. The van der Waals surface area contributed by atoms with Crippen LogP contribution in [0.5, 0.6) is 0 Å². The SMILES string of the molecule is O=C(CCCn1cnnn1)N[C@@H]1CC[C@@H]1NC1CCOCC1. The van der Waals surface area contributed by atoms with Gasteiger partial charge in [0.2, 0.25) is 5.91 Å². The fraction of sp³-hybridized carbons (Fsp3) is 0.857. The number of amides is 1. The lowest BCUT2D eigenvalue weighted by atomic mass is 9.85. The van der Waals surface area contributed by atoms with E-state index in [1.54, 1.807) is 11.0 Å². The third-order valence-electron chi connectivity index (χ3n) is 4.47. The van der Waals surface area contributed by atoms with Gasteiger partial charge < -0.3 is 15.4 Å². The Morgan fingerprint density at radius 1 is 1.23 bits per heavy atom. The first-order valence-electron chi connectivity index (χ1n) is 8.15. The Kier molecular flexibility index (Phi) is 5.33. The van der Waals surface area contributed by atoms with Crippen molar-refractivity contribution in [2.45, 2.75) is 63.2 Å². The van der Waals surface area contributed by atoms with Gasteiger partial charge in [0.1, 0.15) is 6.33 Å². The van der Waals surface area contributed by atoms with E-state index in [9.17, 15) is 4.79 Å². The number of carbonyl (C=O) groups excluding carboxylic acids is 1. The predicted molar refractivity (Wildman–Crippen MR) is 79.0 cm³/mol. The summed E-state index contributed by atoms with van der Waals surface area (Å²) in [6.07, 6.45) is 7.19. The Bertz CT molecular complexity index is 460. The second-order valence-electron chi connectivity index (χ2n) is 6.09. The molecule has 8 heteroatoms. The summed E-state index contributed by atoms with van der Waals surface area (Å²) in [5.74, 6) is 0.122. The zero-order valence-corrected chi connectivity index (χ0v) is 12.8. The number of hydrogen-bond acceptors (Lipinski definition) is 6. The van der Waals surface area contributed by atoms with E-state index in [2.05, 4.69) is 26.2 Å². The smallest absolute Gasteiger partial charge is 0.220 e. The summed E-state index contributed by atoms with van der Waals surface area (Å²) in [6, 6.07) is 1.24. The van der Waals surface area contributed by atoms with E-state index in [0.717, 1.165) is 45.3 Å². The third kappa shape index (κ3) is 4.23. The number of tetrazole rings is 1. The molecule has 1 amide bonds. The van der Waals surface area contributed by atoms with Crippen molar-refractivity contribution in [3.05, 3.63) is 6.33 Å². The number of nitrogens with zero attached hydrogens (tertiary/aromatic N) is 4. The number of aryl methyl sites for hydroxylation is 1. The molecule has 0 aromatic carbocycles. The summed E-state index contributed by atoms with van der Waals surface area (Å²) in [4.78, 5) is 12.0. The standard InChI is InChI=1S/C14H24N6O2/c21-14(2-1-7-20-10-15-18-19-20)17-13-4-3-12(13)16-11-5-8-22-9-6-11/h10-13,16H,1-9H2,(H,17,21)/t12-,13+/m0/s1. The molecular formula is C14H24N6O2. The molecule has 1 aliphatic heterocycles. The average molecular weight is 308 g/mol. The molecule has 2 aliphatic rings. The fourth-order valence-corrected chi connectivity index (χ4v) is 3.00. The first-order chi connectivity index (χ1) is 10.8. The molecule has 122 valence electrons. The van der Waals surface area contributed by atoms with Gasteiger partial charge in [-0.05, 0) is 42.5 Å². The summed E-state index contributed by atoms with van der Waals surface area (Å²) in [5, 5.41) is 17.7. The molecular weight excluding hydrogens is 284 g/mol. The van der Waals surface area contributed by atoms with Crippen LogP contribution in [-0.2, 0) is 16.1 Å². The third-order valence-corrected chi connectivity index (χ3v) is 4.47. The van der Waals surface area contributed by atoms with E-state index in [1.807, 2.05) is 0 Å². The molecule has 1 aliphatic carbocycles. The van der Waals surface area contributed by atoms with Crippen molar-refractivity contribution in [2.75, 3.05) is 13.2 Å². The van der Waals surface area contributed by atoms with Crippen LogP contribution in [0.1, 0.15) is 38.5 Å². The largest absolute Gasteiger partial charge is 0.381 e. The highest BCUT2D eigenvalue weighted by molar-refractivity contribution is 5.76. The maximum atomic E-state index is 12.0. The summed E-state index contributed by atoms with van der Waals surface area (Å²) in [5.41, 5.74) is 0. The monoisotopic (exact) mass is 308 g/mol. The highest BCUT2D eigenvalue weighted by atomic mass is 16.5. The summed E-state index contributed by atoms with van der Waals surface area (Å²) in [6.45, 7) is 2.37. The number of carbonyl (C=O) groups is 1. The lowest BCUT2D eigenvalue weighted by Crippen LogP contribution is -2.59. The van der Waals surface area contributed by atoms with E-state index in [1.165, 1.54) is 0 Å². The topological polar surface area (TPSA) is 94.0 Å². The number of aromatic nitrogens is 4. The molecule has 3 rings (SSSR count). The van der Waals surface area contributed by atoms with Gasteiger partial charge in [0, 0.05) is 44.3 Å². The molecule has 1 saturated carbocycles. The zero-order valence-electron chi connectivity index (χ0n) is 12.8. The van der Waals surface area contributed by atoms with Crippen molar-refractivity contribution >= 4 is 5.91 Å². The molecule has 22 heavy (non-hydrogen) atoms. The van der Waals surface area contributed by atoms with Gasteiger partial charge in [-0.25, -0.2) is 4.68 Å². The quantitative estimate of drug-likeness (QED) is 0.729. The van der Waals surface area contributed by atoms with Crippen LogP contribution in [0.3, 0.4) is 0 Å². The molecule has 2 atom stereocenters. The van der Waals surface area contributed by atoms with Gasteiger partial charge in [0.15, 0.2) is 0 Å². The Labute approximate surface area is 130 Å². The number of rotatable bonds is 7. The first-order valence-corrected chi connectivity index (χ1v) is 8.15. The normalized spacial score (nSPS) is 25.6. The first kappa shape index (κ1) is 15.4. The second kappa shape index (κ2) is 7.64. The highest BCUT2D eigenvalue weighted by Gasteiger charge is 2.33. The van der Waals surface area contributed by atoms with Crippen molar-refractivity contribution in [1.82, 2.24) is 30.8 Å². The minimum Gasteiger partial charge on any atom is -0.381 e. The summed E-state index contributed by atoms with van der Waals surface area (Å²) >= 11 is 0. The van der Waals surface area contributed by atoms with E-state index in [-0.39, 0.29) is 11.9 Å². The molecule has 2 N–H and O–H groups in total. The predicted octanol–water partition coefficient (Wildman–Crippen LogP) is -0.131. The van der Waals surface area contributed by atoms with Gasteiger partial charge in [-0.3, -0.25) is 4.79 Å². The van der Waals surface area contributed by atoms with Gasteiger partial charge >= 0.3 is 0 Å². The number of nitrogens with one attached hydrogen (secondary N) is 2. The number of ether oxygens (including phenoxy) is 1. The Morgan fingerprint density at radius 3 is 2.73 bits per heavy atom. The maximum absolute atomic E-state index is 12.0. The van der Waals surface area contributed by atoms with Crippen molar-refractivity contribution < 1.29 is 9.53 Å². The van der Waals surface area contributed by atoms with Crippen LogP contribution in [0, 0.1) is 0 Å². The van der Waals surface area contributed by atoms with E-state index >= 15 is 0 Å². The van der Waals surface area contributed by atoms with Gasteiger partial charge in [-0.15, -0.1) is 5.10 Å². The van der Waals surface area contributed by atoms with Crippen LogP contribution in [0.25, 0.3) is 0 Å². The Hall–Kier alpha value is -1.54. The highest BCUT2D eigenvalue weighted by Crippen LogP contribution is 2.22. The average Bonchev–Trinajstić information content (AvgIpc) is 3.04. The van der Waals surface area contributed by atoms with Gasteiger partial charge in [0.05, 0.1) is 0 Å². The van der Waals surface area contributed by atoms with E-state index < -0.39 is 0 Å². The van der Waals surface area contributed by atoms with Crippen LogP contribution >= 0.6 is 0 Å².